The molecule has 3 nitrogen and oxygen atoms in total. The molecule has 0 spiro atoms. The molecule has 0 bridgehead atoms. The summed E-state index contributed by atoms with van der Waals surface area (Å²) >= 11 is 0. The topological polar surface area (TPSA) is 32.3 Å². The molecule has 1 amide bonds. The SMILES string of the molecule is CN1CCc2cc(NC(=O)Cc3ccc(F)cc3)ccc21.Fc1ccccc1. The lowest BCUT2D eigenvalue weighted by atomic mass is 10.1. The average Bonchev–Trinajstić information content (AvgIpc) is 3.05. The molecule has 0 saturated carbocycles. The van der Waals surface area contributed by atoms with E-state index in [0.717, 1.165) is 24.2 Å². The lowest BCUT2D eigenvalue weighted by molar-refractivity contribution is -0.115. The Bertz CT molecular complexity index is 927. The fraction of sp³-hybridized carbons (Fsp3) is 0.174. The molecule has 144 valence electrons. The molecule has 0 fully saturated rings. The minimum Gasteiger partial charge on any atom is -0.374 e. The van der Waals surface area contributed by atoms with Gasteiger partial charge in [-0.1, -0.05) is 30.3 Å². The van der Waals surface area contributed by atoms with Crippen LogP contribution in [-0.4, -0.2) is 19.5 Å². The number of carbonyl (C=O) groups excluding carboxylic acids is 1. The fourth-order valence-electron chi connectivity index (χ4n) is 3.05. The van der Waals surface area contributed by atoms with E-state index in [-0.39, 0.29) is 24.0 Å². The van der Waals surface area contributed by atoms with E-state index in [2.05, 4.69) is 17.3 Å². The number of halogens is 2. The van der Waals surface area contributed by atoms with Gasteiger partial charge in [0.2, 0.25) is 5.91 Å². The first-order valence-corrected chi connectivity index (χ1v) is 9.10. The molecule has 3 aromatic rings. The van der Waals surface area contributed by atoms with Crippen molar-refractivity contribution in [2.24, 2.45) is 0 Å². The number of hydrogen-bond acceptors (Lipinski definition) is 2. The molecule has 4 rings (SSSR count). The Morgan fingerprint density at radius 3 is 2.29 bits per heavy atom. The molecule has 0 aromatic heterocycles. The Morgan fingerprint density at radius 1 is 0.964 bits per heavy atom. The highest BCUT2D eigenvalue weighted by atomic mass is 19.1. The maximum atomic E-state index is 12.8. The van der Waals surface area contributed by atoms with Gasteiger partial charge in [0.05, 0.1) is 6.42 Å². The number of rotatable bonds is 3. The van der Waals surface area contributed by atoms with E-state index < -0.39 is 0 Å². The van der Waals surface area contributed by atoms with Crippen molar-refractivity contribution in [2.45, 2.75) is 12.8 Å². The average molecular weight is 380 g/mol. The summed E-state index contributed by atoms with van der Waals surface area (Å²) in [5, 5.41) is 2.90. The normalized spacial score (nSPS) is 12.0. The lowest BCUT2D eigenvalue weighted by Gasteiger charge is -2.12. The highest BCUT2D eigenvalue weighted by Crippen LogP contribution is 2.29. The van der Waals surface area contributed by atoms with E-state index in [0.29, 0.717) is 0 Å². The Kier molecular flexibility index (Phi) is 6.37. The predicted molar refractivity (Wildman–Crippen MR) is 109 cm³/mol. The van der Waals surface area contributed by atoms with E-state index in [1.807, 2.05) is 18.2 Å². The molecular weight excluding hydrogens is 358 g/mol. The predicted octanol–water partition coefficient (Wildman–Crippen LogP) is 4.82. The van der Waals surface area contributed by atoms with Gasteiger partial charge in [-0.05, 0) is 60.0 Å². The zero-order chi connectivity index (χ0) is 19.9. The number of benzene rings is 3. The number of nitrogens with zero attached hydrogens (tertiary/aromatic N) is 1. The molecule has 0 radical (unpaired) electrons. The van der Waals surface area contributed by atoms with Crippen LogP contribution >= 0.6 is 0 Å². The molecule has 0 saturated heterocycles. The molecule has 5 heteroatoms. The van der Waals surface area contributed by atoms with Crippen molar-refractivity contribution in [3.63, 3.8) is 0 Å². The van der Waals surface area contributed by atoms with Crippen molar-refractivity contribution >= 4 is 17.3 Å². The molecule has 0 unspecified atom stereocenters. The molecule has 1 aliphatic rings. The Hall–Kier alpha value is -3.21. The summed E-state index contributed by atoms with van der Waals surface area (Å²) in [5.74, 6) is -0.558. The molecule has 3 aromatic carbocycles. The number of nitrogens with one attached hydrogen (secondary N) is 1. The number of hydrogen-bond donors (Lipinski definition) is 1. The van der Waals surface area contributed by atoms with Crippen molar-refractivity contribution in [2.75, 3.05) is 23.8 Å². The van der Waals surface area contributed by atoms with Gasteiger partial charge < -0.3 is 10.2 Å². The molecule has 1 heterocycles. The van der Waals surface area contributed by atoms with Crippen LogP contribution in [0.1, 0.15) is 11.1 Å². The highest BCUT2D eigenvalue weighted by Gasteiger charge is 2.16. The zero-order valence-electron chi connectivity index (χ0n) is 15.7. The third-order valence-corrected chi connectivity index (χ3v) is 4.50. The number of amides is 1. The molecule has 0 atom stereocenters. The van der Waals surface area contributed by atoms with Gasteiger partial charge in [0.1, 0.15) is 11.6 Å². The van der Waals surface area contributed by atoms with Crippen LogP contribution in [0.2, 0.25) is 0 Å². The van der Waals surface area contributed by atoms with Crippen molar-refractivity contribution in [3.05, 3.63) is 95.6 Å². The molecular formula is C23H22F2N2O. The monoisotopic (exact) mass is 380 g/mol. The summed E-state index contributed by atoms with van der Waals surface area (Å²) in [6.07, 6.45) is 1.25. The van der Waals surface area contributed by atoms with Crippen molar-refractivity contribution in [1.82, 2.24) is 0 Å². The van der Waals surface area contributed by atoms with Crippen LogP contribution in [-0.2, 0) is 17.6 Å². The summed E-state index contributed by atoms with van der Waals surface area (Å²) in [4.78, 5) is 14.2. The zero-order valence-corrected chi connectivity index (χ0v) is 15.7. The van der Waals surface area contributed by atoms with Gasteiger partial charge in [0.15, 0.2) is 0 Å². The summed E-state index contributed by atoms with van der Waals surface area (Å²) in [5.41, 5.74) is 4.11. The fourth-order valence-corrected chi connectivity index (χ4v) is 3.05. The van der Waals surface area contributed by atoms with E-state index in [4.69, 9.17) is 0 Å². The third kappa shape index (κ3) is 5.39. The van der Waals surface area contributed by atoms with Gasteiger partial charge >= 0.3 is 0 Å². The number of fused-ring (bicyclic) bond motifs is 1. The minimum absolute atomic E-state index is 0.0899. The first kappa shape index (κ1) is 19.5. The van der Waals surface area contributed by atoms with Gasteiger partial charge in [0.25, 0.3) is 0 Å². The standard InChI is InChI=1S/C17H17FN2O.C6H5F/c1-20-9-8-13-11-15(6-7-16(13)20)19-17(21)10-12-2-4-14(18)5-3-12;7-6-4-2-1-3-5-6/h2-7,11H,8-10H2,1H3,(H,19,21);1-5H. The van der Waals surface area contributed by atoms with Crippen molar-refractivity contribution in [3.8, 4) is 0 Å². The highest BCUT2D eigenvalue weighted by molar-refractivity contribution is 5.92. The van der Waals surface area contributed by atoms with Crippen LogP contribution in [0.5, 0.6) is 0 Å². The van der Waals surface area contributed by atoms with Gasteiger partial charge in [-0.15, -0.1) is 0 Å². The molecule has 1 N–H and O–H groups in total. The molecule has 28 heavy (non-hydrogen) atoms. The van der Waals surface area contributed by atoms with Gasteiger partial charge in [-0.2, -0.15) is 0 Å². The first-order chi connectivity index (χ1) is 13.5. The second-order valence-corrected chi connectivity index (χ2v) is 6.66. The minimum atomic E-state index is -0.290. The van der Waals surface area contributed by atoms with Crippen molar-refractivity contribution in [1.29, 1.82) is 0 Å². The summed E-state index contributed by atoms with van der Waals surface area (Å²) in [6.45, 7) is 1.02. The second kappa shape index (κ2) is 9.13. The number of likely N-dealkylation sites (N-methyl/N-ethyl adjacent to an activating group) is 1. The van der Waals surface area contributed by atoms with E-state index in [9.17, 15) is 13.6 Å². The Labute approximate surface area is 163 Å². The van der Waals surface area contributed by atoms with Crippen LogP contribution in [0.15, 0.2) is 72.8 Å². The molecule has 0 aliphatic carbocycles. The first-order valence-electron chi connectivity index (χ1n) is 9.10. The lowest BCUT2D eigenvalue weighted by Crippen LogP contribution is -2.14. The van der Waals surface area contributed by atoms with Crippen LogP contribution in [0.25, 0.3) is 0 Å². The Morgan fingerprint density at radius 2 is 1.64 bits per heavy atom. The van der Waals surface area contributed by atoms with Crippen LogP contribution < -0.4 is 10.2 Å². The smallest absolute Gasteiger partial charge is 0.228 e. The van der Waals surface area contributed by atoms with Gasteiger partial charge in [-0.3, -0.25) is 4.79 Å². The van der Waals surface area contributed by atoms with Crippen LogP contribution in [0.3, 0.4) is 0 Å². The van der Waals surface area contributed by atoms with Crippen LogP contribution in [0.4, 0.5) is 20.2 Å². The summed E-state index contributed by atoms with van der Waals surface area (Å²) < 4.78 is 24.7. The van der Waals surface area contributed by atoms with E-state index in [1.54, 1.807) is 30.3 Å². The maximum absolute atomic E-state index is 12.8. The van der Waals surface area contributed by atoms with E-state index in [1.165, 1.54) is 35.5 Å². The maximum Gasteiger partial charge on any atom is 0.228 e. The van der Waals surface area contributed by atoms with E-state index >= 15 is 0 Å². The summed E-state index contributed by atoms with van der Waals surface area (Å²) in [6, 6.07) is 19.9. The van der Waals surface area contributed by atoms with Crippen LogP contribution in [0, 0.1) is 11.6 Å². The number of anilines is 2. The molecule has 1 aliphatic heterocycles. The van der Waals surface area contributed by atoms with Gasteiger partial charge in [0, 0.05) is 25.0 Å². The second-order valence-electron chi connectivity index (χ2n) is 6.66. The van der Waals surface area contributed by atoms with Crippen molar-refractivity contribution < 1.29 is 13.6 Å². The quantitative estimate of drug-likeness (QED) is 0.706. The number of carbonyl (C=O) groups is 1. The third-order valence-electron chi connectivity index (χ3n) is 4.50. The summed E-state index contributed by atoms with van der Waals surface area (Å²) in [7, 11) is 2.07. The largest absolute Gasteiger partial charge is 0.374 e. The Balaban J connectivity index is 0.000000271. The van der Waals surface area contributed by atoms with Gasteiger partial charge in [-0.25, -0.2) is 8.78 Å².